The molecule has 538 valence electrons. The Morgan fingerprint density at radius 3 is 1.03 bits per heavy atom. The van der Waals surface area contributed by atoms with Crippen LogP contribution in [-0.2, 0) is 33.2 Å². The van der Waals surface area contributed by atoms with E-state index in [0.29, 0.717) is 6.42 Å². The zero-order valence-electron chi connectivity index (χ0n) is 57.1. The molecule has 3 aliphatic rings. The van der Waals surface area contributed by atoms with Gasteiger partial charge in [0.25, 0.3) is 0 Å². The summed E-state index contributed by atoms with van der Waals surface area (Å²) in [6.07, 6.45) is 34.8. The minimum Gasteiger partial charge on any atom is -0.394 e. The van der Waals surface area contributed by atoms with Crippen LogP contribution in [0, 0.1) is 0 Å². The maximum absolute atomic E-state index is 13.4. The fourth-order valence-corrected chi connectivity index (χ4v) is 13.0. The number of amides is 1. The van der Waals surface area contributed by atoms with Crippen LogP contribution in [0.2, 0.25) is 0 Å². The van der Waals surface area contributed by atoms with Crippen molar-refractivity contribution in [1.82, 2.24) is 5.32 Å². The van der Waals surface area contributed by atoms with Gasteiger partial charge >= 0.3 is 0 Å². The number of rotatable bonds is 59. The highest BCUT2D eigenvalue weighted by Crippen LogP contribution is 2.33. The second-order valence-electron chi connectivity index (χ2n) is 27.1. The van der Waals surface area contributed by atoms with Crippen molar-refractivity contribution in [2.45, 2.75) is 413 Å². The number of aliphatic hydroxyl groups is 11. The van der Waals surface area contributed by atoms with Crippen LogP contribution in [0.3, 0.4) is 0 Å². The number of nitrogens with one attached hydrogen (secondary N) is 1. The maximum Gasteiger partial charge on any atom is 0.220 e. The summed E-state index contributed by atoms with van der Waals surface area (Å²) in [5, 5.41) is 121. The summed E-state index contributed by atoms with van der Waals surface area (Å²) in [5.41, 5.74) is 0. The summed E-state index contributed by atoms with van der Waals surface area (Å²) < 4.78 is 34.4. The monoisotopic (exact) mass is 1300 g/mol. The summed E-state index contributed by atoms with van der Waals surface area (Å²) in [6, 6.07) is -0.969. The Labute approximate surface area is 550 Å². The van der Waals surface area contributed by atoms with Crippen LogP contribution in [0.5, 0.6) is 0 Å². The number of hydrogen-bond donors (Lipinski definition) is 12. The molecule has 3 saturated heterocycles. The van der Waals surface area contributed by atoms with Gasteiger partial charge in [-0.15, -0.1) is 0 Å². The molecular weight excluding hydrogens is 1170 g/mol. The second-order valence-corrected chi connectivity index (χ2v) is 27.1. The van der Waals surface area contributed by atoms with Gasteiger partial charge in [0.05, 0.1) is 38.6 Å². The number of allylic oxidation sites excluding steroid dienone is 1. The molecule has 0 saturated carbocycles. The number of aliphatic hydroxyl groups excluding tert-OH is 11. The van der Waals surface area contributed by atoms with E-state index in [0.717, 1.165) is 44.9 Å². The van der Waals surface area contributed by atoms with Gasteiger partial charge < -0.3 is 89.9 Å². The van der Waals surface area contributed by atoms with E-state index in [2.05, 4.69) is 19.2 Å². The first-order valence-electron chi connectivity index (χ1n) is 37.4. The van der Waals surface area contributed by atoms with Crippen molar-refractivity contribution in [1.29, 1.82) is 0 Å². The number of carbonyl (C=O) groups excluding carboxylic acids is 1. The molecule has 3 heterocycles. The van der Waals surface area contributed by atoms with Gasteiger partial charge in [0.2, 0.25) is 5.91 Å². The third-order valence-corrected chi connectivity index (χ3v) is 19.1. The summed E-state index contributed by atoms with van der Waals surface area (Å²) in [6.45, 7) is 1.79. The van der Waals surface area contributed by atoms with Crippen LogP contribution < -0.4 is 5.32 Å². The van der Waals surface area contributed by atoms with E-state index < -0.39 is 124 Å². The van der Waals surface area contributed by atoms with Crippen molar-refractivity contribution in [3.8, 4) is 0 Å². The molecule has 3 aliphatic heterocycles. The van der Waals surface area contributed by atoms with Crippen LogP contribution in [-0.4, -0.2) is 193 Å². The quantitative estimate of drug-likeness (QED) is 0.0199. The Balaban J connectivity index is 1.40. The van der Waals surface area contributed by atoms with Gasteiger partial charge in [-0.3, -0.25) is 4.79 Å². The summed E-state index contributed by atoms with van der Waals surface area (Å²) in [7, 11) is 0. The predicted octanol–water partition coefficient (Wildman–Crippen LogP) is 10.8. The van der Waals surface area contributed by atoms with Gasteiger partial charge in [0.15, 0.2) is 18.9 Å². The summed E-state index contributed by atoms with van der Waals surface area (Å²) in [5.74, 6) is -0.268. The Bertz CT molecular complexity index is 1700. The molecule has 0 aromatic heterocycles. The van der Waals surface area contributed by atoms with Gasteiger partial charge in [-0.05, 0) is 19.3 Å². The molecule has 17 atom stereocenters. The average molecular weight is 1300 g/mol. The van der Waals surface area contributed by atoms with Crippen LogP contribution in [0.25, 0.3) is 0 Å². The third-order valence-electron chi connectivity index (χ3n) is 19.1. The van der Waals surface area contributed by atoms with Crippen molar-refractivity contribution >= 4 is 5.91 Å². The molecular formula is C72H137NO18. The van der Waals surface area contributed by atoms with E-state index in [1.807, 2.05) is 6.08 Å². The first-order valence-corrected chi connectivity index (χ1v) is 37.4. The van der Waals surface area contributed by atoms with Gasteiger partial charge in [0.1, 0.15) is 73.2 Å². The molecule has 1 amide bonds. The fourth-order valence-electron chi connectivity index (χ4n) is 13.0. The highest BCUT2D eigenvalue weighted by molar-refractivity contribution is 5.76. The van der Waals surface area contributed by atoms with E-state index in [1.165, 1.54) is 238 Å². The molecule has 19 nitrogen and oxygen atoms in total. The molecule has 0 radical (unpaired) electrons. The molecule has 12 N–H and O–H groups in total. The molecule has 3 rings (SSSR count). The highest BCUT2D eigenvalue weighted by atomic mass is 16.8. The second kappa shape index (κ2) is 54.5. The molecule has 17 unspecified atom stereocenters. The van der Waals surface area contributed by atoms with Gasteiger partial charge in [-0.1, -0.05) is 296 Å². The molecule has 0 spiro atoms. The molecule has 0 bridgehead atoms. The van der Waals surface area contributed by atoms with E-state index in [9.17, 15) is 61.0 Å². The predicted molar refractivity (Wildman–Crippen MR) is 356 cm³/mol. The molecule has 0 aliphatic carbocycles. The molecule has 91 heavy (non-hydrogen) atoms. The topological polar surface area (TPSA) is 307 Å². The number of ether oxygens (including phenoxy) is 6. The van der Waals surface area contributed by atoms with Crippen molar-refractivity contribution in [2.75, 3.05) is 26.4 Å². The molecule has 0 aromatic rings. The number of carbonyl (C=O) groups is 1. The molecule has 0 aromatic carbocycles. The Hall–Kier alpha value is -1.47. The normalized spacial score (nSPS) is 27.9. The zero-order chi connectivity index (χ0) is 66.1. The lowest BCUT2D eigenvalue weighted by atomic mass is 9.96. The maximum atomic E-state index is 13.4. The van der Waals surface area contributed by atoms with E-state index >= 15 is 0 Å². The molecule has 19 heteroatoms. The van der Waals surface area contributed by atoms with E-state index in [4.69, 9.17) is 28.4 Å². The fraction of sp³-hybridized carbons (Fsp3) is 0.958. The lowest BCUT2D eigenvalue weighted by Gasteiger charge is -2.48. The smallest absolute Gasteiger partial charge is 0.220 e. The van der Waals surface area contributed by atoms with Crippen molar-refractivity contribution in [3.63, 3.8) is 0 Å². The van der Waals surface area contributed by atoms with Crippen molar-refractivity contribution in [3.05, 3.63) is 12.2 Å². The lowest BCUT2D eigenvalue weighted by molar-refractivity contribution is -0.379. The van der Waals surface area contributed by atoms with E-state index in [-0.39, 0.29) is 18.9 Å². The van der Waals surface area contributed by atoms with Gasteiger partial charge in [0, 0.05) is 6.42 Å². The number of unbranched alkanes of at least 4 members (excludes halogenated alkanes) is 43. The first kappa shape index (κ1) is 83.8. The standard InChI is InChI=1S/C72H137NO18/c1-3-5-7-9-11-13-15-17-19-21-23-24-25-26-27-28-29-30-32-34-36-38-40-42-44-46-48-50-60(78)73-55(56(77)49-47-45-43-41-39-37-35-33-31-22-20-18-16-14-12-10-8-6-4-2)54-86-70-66(84)63(81)68(58(52-75)88-70)91-72-67(85)64(82)69(59(53-76)89-72)90-71-65(83)62(80)61(79)57(51-74)87-71/h47,49,55-59,61-72,74-77,79-85H,3-46,48,50-54H2,1-2H3,(H,73,78)/b49-47+. The van der Waals surface area contributed by atoms with Gasteiger partial charge in [-0.2, -0.15) is 0 Å². The number of hydrogen-bond acceptors (Lipinski definition) is 18. The van der Waals surface area contributed by atoms with Crippen LogP contribution in [0.4, 0.5) is 0 Å². The Kier molecular flexibility index (Phi) is 50.2. The van der Waals surface area contributed by atoms with Crippen LogP contribution in [0.1, 0.15) is 309 Å². The third kappa shape index (κ3) is 36.1. The lowest BCUT2D eigenvalue weighted by Crippen LogP contribution is -2.66. The Morgan fingerprint density at radius 1 is 0.385 bits per heavy atom. The SMILES string of the molecule is CCCCCCCCCCCCCCCCCCC/C=C/C(O)C(COC1OC(CO)C(OC2OC(CO)C(OC3OC(CO)C(O)C(O)C3O)C(O)C2O)C(O)C1O)NC(=O)CCCCCCCCCCCCCCCCCCCCCCCCCCCCC. The summed E-state index contributed by atoms with van der Waals surface area (Å²) in [4.78, 5) is 13.4. The Morgan fingerprint density at radius 2 is 0.681 bits per heavy atom. The average Bonchev–Trinajstić information content (AvgIpc) is 0.888. The molecule has 3 fully saturated rings. The first-order chi connectivity index (χ1) is 44.3. The zero-order valence-corrected chi connectivity index (χ0v) is 57.1. The van der Waals surface area contributed by atoms with Crippen molar-refractivity contribution < 1.29 is 89.4 Å². The summed E-state index contributed by atoms with van der Waals surface area (Å²) >= 11 is 0. The minimum absolute atomic E-state index is 0.250. The van der Waals surface area contributed by atoms with Crippen LogP contribution >= 0.6 is 0 Å². The van der Waals surface area contributed by atoms with E-state index in [1.54, 1.807) is 6.08 Å². The minimum atomic E-state index is -1.98. The van der Waals surface area contributed by atoms with Crippen molar-refractivity contribution in [2.24, 2.45) is 0 Å². The van der Waals surface area contributed by atoms with Crippen LogP contribution in [0.15, 0.2) is 12.2 Å². The van der Waals surface area contributed by atoms with Gasteiger partial charge in [-0.25, -0.2) is 0 Å². The highest BCUT2D eigenvalue weighted by Gasteiger charge is 2.53. The largest absolute Gasteiger partial charge is 0.394 e.